The first kappa shape index (κ1) is 17.7. The number of allylic oxidation sites excluding steroid dienone is 3. The molecule has 0 amide bonds. The van der Waals surface area contributed by atoms with Crippen LogP contribution in [0.25, 0.3) is 0 Å². The third-order valence-corrected chi connectivity index (χ3v) is 3.79. The lowest BCUT2D eigenvalue weighted by molar-refractivity contribution is 0.0865. The highest BCUT2D eigenvalue weighted by atomic mass is 28.3. The maximum Gasteiger partial charge on any atom is 0.205 e. The average molecular weight is 303 g/mol. The summed E-state index contributed by atoms with van der Waals surface area (Å²) < 4.78 is 6.24. The Morgan fingerprint density at radius 1 is 1.24 bits per heavy atom. The lowest BCUT2D eigenvalue weighted by Crippen LogP contribution is -2.26. The van der Waals surface area contributed by atoms with Crippen LogP contribution in [-0.4, -0.2) is 14.1 Å². The monoisotopic (exact) mass is 303 g/mol. The quantitative estimate of drug-likeness (QED) is 0.444. The smallest absolute Gasteiger partial charge is 0.205 e. The first-order valence-electron chi connectivity index (χ1n) is 7.36. The molecule has 0 aromatic heterocycles. The molecule has 1 aromatic carbocycles. The predicted molar refractivity (Wildman–Crippen MR) is 91.8 cm³/mol. The number of aliphatic hydroxyl groups excluding tert-OH is 1. The highest BCUT2D eigenvalue weighted by Gasteiger charge is 2.28. The number of hydrogen-bond acceptors (Lipinski definition) is 2. The van der Waals surface area contributed by atoms with Crippen LogP contribution in [-0.2, 0) is 10.8 Å². The van der Waals surface area contributed by atoms with Gasteiger partial charge in [-0.25, -0.2) is 0 Å². The van der Waals surface area contributed by atoms with E-state index in [0.29, 0.717) is 0 Å². The van der Waals surface area contributed by atoms with Crippen LogP contribution in [0.1, 0.15) is 38.0 Å². The van der Waals surface area contributed by atoms with Crippen LogP contribution >= 0.6 is 0 Å². The third kappa shape index (κ3) is 6.32. The summed E-state index contributed by atoms with van der Waals surface area (Å²) in [5.41, 5.74) is 2.59. The minimum Gasteiger partial charge on any atom is -0.516 e. The molecule has 1 aromatic rings. The zero-order chi connectivity index (χ0) is 15.9. The second kappa shape index (κ2) is 8.20. The van der Waals surface area contributed by atoms with Gasteiger partial charge in [-0.3, -0.25) is 0 Å². The topological polar surface area (TPSA) is 29.5 Å². The molecular formula is C18H27O2Si. The van der Waals surface area contributed by atoms with Crippen molar-refractivity contribution in [2.45, 2.75) is 46.4 Å². The summed E-state index contributed by atoms with van der Waals surface area (Å²) in [5.74, 6) is 0. The van der Waals surface area contributed by atoms with Crippen molar-refractivity contribution in [3.05, 3.63) is 59.9 Å². The normalized spacial score (nSPS) is 14.4. The van der Waals surface area contributed by atoms with Gasteiger partial charge < -0.3 is 9.53 Å². The molecule has 0 fully saturated rings. The van der Waals surface area contributed by atoms with Crippen molar-refractivity contribution in [2.75, 3.05) is 0 Å². The van der Waals surface area contributed by atoms with Crippen molar-refractivity contribution in [3.8, 4) is 0 Å². The van der Waals surface area contributed by atoms with Gasteiger partial charge in [0.05, 0.1) is 12.4 Å². The summed E-state index contributed by atoms with van der Waals surface area (Å²) in [5, 5.41) is 8.61. The predicted octanol–water partition coefficient (Wildman–Crippen LogP) is 5.21. The Morgan fingerprint density at radius 3 is 2.52 bits per heavy atom. The Morgan fingerprint density at radius 2 is 1.95 bits per heavy atom. The number of hydrogen-bond donors (Lipinski definition) is 1. The molecule has 0 aliphatic heterocycles. The van der Waals surface area contributed by atoms with Crippen LogP contribution in [0, 0.1) is 5.41 Å². The number of rotatable bonds is 6. The van der Waals surface area contributed by atoms with Crippen molar-refractivity contribution >= 4 is 9.04 Å². The van der Waals surface area contributed by atoms with Crippen molar-refractivity contribution < 1.29 is 9.53 Å². The van der Waals surface area contributed by atoms with Crippen molar-refractivity contribution in [1.82, 2.24) is 0 Å². The van der Waals surface area contributed by atoms with Gasteiger partial charge in [-0.15, -0.1) is 0 Å². The van der Waals surface area contributed by atoms with Crippen LogP contribution in [0.2, 0.25) is 13.1 Å². The second-order valence-corrected chi connectivity index (χ2v) is 8.54. The maximum atomic E-state index is 8.61. The summed E-state index contributed by atoms with van der Waals surface area (Å²) in [6.07, 6.45) is 7.53. The van der Waals surface area contributed by atoms with E-state index in [0.717, 1.165) is 12.7 Å². The van der Waals surface area contributed by atoms with Gasteiger partial charge >= 0.3 is 0 Å². The molecule has 1 atom stereocenters. The van der Waals surface area contributed by atoms with Gasteiger partial charge in [0.25, 0.3) is 0 Å². The molecule has 0 spiro atoms. The summed E-state index contributed by atoms with van der Waals surface area (Å²) in [7, 11) is -0.750. The highest BCUT2D eigenvalue weighted by molar-refractivity contribution is 6.48. The van der Waals surface area contributed by atoms with Gasteiger partial charge in [0, 0.05) is 0 Å². The van der Waals surface area contributed by atoms with Crippen molar-refractivity contribution in [2.24, 2.45) is 5.41 Å². The number of benzene rings is 1. The molecule has 2 nitrogen and oxygen atoms in total. The third-order valence-electron chi connectivity index (χ3n) is 3.08. The first-order chi connectivity index (χ1) is 9.84. The van der Waals surface area contributed by atoms with E-state index in [1.807, 2.05) is 12.2 Å². The van der Waals surface area contributed by atoms with Crippen molar-refractivity contribution in [1.29, 1.82) is 0 Å². The Hall–Kier alpha value is -1.32. The van der Waals surface area contributed by atoms with E-state index in [-0.39, 0.29) is 11.5 Å². The molecule has 0 aliphatic carbocycles. The summed E-state index contributed by atoms with van der Waals surface area (Å²) in [6.45, 7) is 11.0. The van der Waals surface area contributed by atoms with Crippen LogP contribution < -0.4 is 0 Å². The van der Waals surface area contributed by atoms with E-state index < -0.39 is 9.04 Å². The Balaban J connectivity index is 2.94. The molecule has 1 unspecified atom stereocenters. The standard InChI is InChI=1S/C18H27O2Si/c1-18(2,3)17(20-21(4)5)16-12-9-11-15(14-16)10-7-6-8-13-19/h6-9,11-14,17,19H,10H2,1-5H3/b7-6+,13-8+. The van der Waals surface area contributed by atoms with Crippen LogP contribution in [0.5, 0.6) is 0 Å². The molecule has 1 rings (SSSR count). The van der Waals surface area contributed by atoms with E-state index in [4.69, 9.17) is 9.53 Å². The Kier molecular flexibility index (Phi) is 6.92. The average Bonchev–Trinajstić information content (AvgIpc) is 2.40. The molecule has 0 heterocycles. The summed E-state index contributed by atoms with van der Waals surface area (Å²) >= 11 is 0. The van der Waals surface area contributed by atoms with Crippen LogP contribution in [0.15, 0.2) is 48.8 Å². The molecule has 0 bridgehead atoms. The van der Waals surface area contributed by atoms with Gasteiger partial charge in [-0.05, 0) is 42.1 Å². The molecule has 0 aliphatic rings. The summed E-state index contributed by atoms with van der Waals surface area (Å²) in [6, 6.07) is 8.61. The number of aliphatic hydroxyl groups is 1. The fourth-order valence-electron chi connectivity index (χ4n) is 2.20. The molecule has 1 N–H and O–H groups in total. The van der Waals surface area contributed by atoms with Crippen LogP contribution in [0.3, 0.4) is 0 Å². The molecule has 3 heteroatoms. The van der Waals surface area contributed by atoms with Gasteiger partial charge in [-0.2, -0.15) is 0 Å². The summed E-state index contributed by atoms with van der Waals surface area (Å²) in [4.78, 5) is 0. The van der Waals surface area contributed by atoms with Crippen LogP contribution in [0.4, 0.5) is 0 Å². The fourth-order valence-corrected chi connectivity index (χ4v) is 3.16. The molecular weight excluding hydrogens is 276 g/mol. The lowest BCUT2D eigenvalue weighted by Gasteiger charge is -2.33. The van der Waals surface area contributed by atoms with Gasteiger partial charge in [0.1, 0.15) is 0 Å². The minimum atomic E-state index is -0.750. The van der Waals surface area contributed by atoms with E-state index >= 15 is 0 Å². The first-order valence-corrected chi connectivity index (χ1v) is 9.77. The molecule has 0 saturated carbocycles. The zero-order valence-corrected chi connectivity index (χ0v) is 14.8. The maximum absolute atomic E-state index is 8.61. The molecule has 115 valence electrons. The lowest BCUT2D eigenvalue weighted by atomic mass is 9.84. The Labute approximate surface area is 130 Å². The van der Waals surface area contributed by atoms with Crippen molar-refractivity contribution in [3.63, 3.8) is 0 Å². The van der Waals surface area contributed by atoms with E-state index in [9.17, 15) is 0 Å². The van der Waals surface area contributed by atoms with E-state index in [1.54, 1.807) is 6.08 Å². The fraction of sp³-hybridized carbons (Fsp3) is 0.444. The van der Waals surface area contributed by atoms with Gasteiger partial charge in [0.2, 0.25) is 9.04 Å². The second-order valence-electron chi connectivity index (χ2n) is 6.49. The molecule has 21 heavy (non-hydrogen) atoms. The molecule has 1 radical (unpaired) electrons. The van der Waals surface area contributed by atoms with Gasteiger partial charge in [0.15, 0.2) is 0 Å². The van der Waals surface area contributed by atoms with Gasteiger partial charge in [-0.1, -0.05) is 57.2 Å². The largest absolute Gasteiger partial charge is 0.516 e. The SMILES string of the molecule is C[Si](C)OC(c1cccc(C/C=C/C=C/O)c1)C(C)(C)C. The van der Waals surface area contributed by atoms with E-state index in [1.165, 1.54) is 11.1 Å². The highest BCUT2D eigenvalue weighted by Crippen LogP contribution is 2.36. The minimum absolute atomic E-state index is 0.0794. The Bertz CT molecular complexity index is 484. The molecule has 0 saturated heterocycles. The zero-order valence-electron chi connectivity index (χ0n) is 13.8. The van der Waals surface area contributed by atoms with E-state index in [2.05, 4.69) is 58.1 Å².